The van der Waals surface area contributed by atoms with Crippen LogP contribution in [0.15, 0.2) is 48.5 Å². The Hall–Kier alpha value is -3.61. The minimum atomic E-state index is 0.0123. The third kappa shape index (κ3) is 4.56. The largest absolute Gasteiger partial charge is 0.493 e. The van der Waals surface area contributed by atoms with Crippen LogP contribution in [0.1, 0.15) is 23.1 Å². The van der Waals surface area contributed by atoms with Crippen LogP contribution < -0.4 is 20.1 Å². The van der Waals surface area contributed by atoms with E-state index in [-0.39, 0.29) is 5.78 Å². The standard InChI is InChI=1S/C21H22N4O3/c1-13(26)15-6-5-7-16(10-15)24-20-12-21(23-14(2)22-20)25-17-8-9-18(27-3)19(11-17)28-4/h5-12H,1-4H3,(H2,22,23,24,25). The summed E-state index contributed by atoms with van der Waals surface area (Å²) >= 11 is 0. The molecular weight excluding hydrogens is 356 g/mol. The average Bonchev–Trinajstić information content (AvgIpc) is 2.67. The molecule has 0 amide bonds. The Kier molecular flexibility index (Phi) is 5.74. The van der Waals surface area contributed by atoms with Crippen molar-refractivity contribution in [1.29, 1.82) is 0 Å². The van der Waals surface area contributed by atoms with Gasteiger partial charge in [0, 0.05) is 29.1 Å². The molecule has 0 aliphatic rings. The number of benzene rings is 2. The van der Waals surface area contributed by atoms with E-state index in [0.717, 1.165) is 11.4 Å². The number of hydrogen-bond donors (Lipinski definition) is 2. The molecule has 0 fully saturated rings. The zero-order valence-corrected chi connectivity index (χ0v) is 16.2. The highest BCUT2D eigenvalue weighted by molar-refractivity contribution is 5.95. The van der Waals surface area contributed by atoms with Gasteiger partial charge in [-0.25, -0.2) is 9.97 Å². The molecule has 1 aromatic heterocycles. The van der Waals surface area contributed by atoms with Crippen molar-refractivity contribution in [3.63, 3.8) is 0 Å². The fraction of sp³-hybridized carbons (Fsp3) is 0.190. The number of carbonyl (C=O) groups is 1. The number of carbonyl (C=O) groups excluding carboxylic acids is 1. The molecule has 7 heteroatoms. The van der Waals surface area contributed by atoms with Gasteiger partial charge in [0.25, 0.3) is 0 Å². The van der Waals surface area contributed by atoms with Crippen molar-refractivity contribution in [2.75, 3.05) is 24.9 Å². The van der Waals surface area contributed by atoms with E-state index < -0.39 is 0 Å². The van der Waals surface area contributed by atoms with Gasteiger partial charge in [0.05, 0.1) is 14.2 Å². The SMILES string of the molecule is COc1ccc(Nc2cc(Nc3cccc(C(C)=O)c3)nc(C)n2)cc1OC. The molecule has 28 heavy (non-hydrogen) atoms. The van der Waals surface area contributed by atoms with Crippen LogP contribution in [0.5, 0.6) is 11.5 Å². The molecule has 3 rings (SSSR count). The quantitative estimate of drug-likeness (QED) is 0.586. The smallest absolute Gasteiger partial charge is 0.162 e. The van der Waals surface area contributed by atoms with Gasteiger partial charge < -0.3 is 20.1 Å². The molecule has 0 unspecified atom stereocenters. The first-order chi connectivity index (χ1) is 13.5. The number of nitrogens with zero attached hydrogens (tertiary/aromatic N) is 2. The number of ketones is 1. The number of ether oxygens (including phenoxy) is 2. The second-order valence-corrected chi connectivity index (χ2v) is 6.14. The Labute approximate surface area is 163 Å². The van der Waals surface area contributed by atoms with Gasteiger partial charge in [0.15, 0.2) is 17.3 Å². The number of nitrogens with one attached hydrogen (secondary N) is 2. The maximum absolute atomic E-state index is 11.6. The summed E-state index contributed by atoms with van der Waals surface area (Å²) in [6.07, 6.45) is 0. The lowest BCUT2D eigenvalue weighted by molar-refractivity contribution is 0.101. The van der Waals surface area contributed by atoms with Crippen LogP contribution in [0.4, 0.5) is 23.0 Å². The van der Waals surface area contributed by atoms with E-state index >= 15 is 0 Å². The number of aromatic nitrogens is 2. The molecule has 144 valence electrons. The van der Waals surface area contributed by atoms with Crippen molar-refractivity contribution in [2.45, 2.75) is 13.8 Å². The first kappa shape index (κ1) is 19.2. The lowest BCUT2D eigenvalue weighted by atomic mass is 10.1. The molecule has 0 saturated heterocycles. The van der Waals surface area contributed by atoms with Crippen molar-refractivity contribution >= 4 is 28.8 Å². The zero-order chi connectivity index (χ0) is 20.1. The zero-order valence-electron chi connectivity index (χ0n) is 16.2. The summed E-state index contributed by atoms with van der Waals surface area (Å²) in [5, 5.41) is 6.46. The molecule has 3 aromatic rings. The topological polar surface area (TPSA) is 85.4 Å². The maximum atomic E-state index is 11.6. The van der Waals surface area contributed by atoms with E-state index in [9.17, 15) is 4.79 Å². The molecule has 7 nitrogen and oxygen atoms in total. The highest BCUT2D eigenvalue weighted by atomic mass is 16.5. The van der Waals surface area contributed by atoms with Gasteiger partial charge in [-0.05, 0) is 38.1 Å². The number of methoxy groups -OCH3 is 2. The molecule has 2 N–H and O–H groups in total. The van der Waals surface area contributed by atoms with Crippen LogP contribution in [0.3, 0.4) is 0 Å². The lowest BCUT2D eigenvalue weighted by Crippen LogP contribution is -2.02. The third-order valence-electron chi connectivity index (χ3n) is 4.04. The summed E-state index contributed by atoms with van der Waals surface area (Å²) < 4.78 is 10.6. The Morgan fingerprint density at radius 1 is 0.857 bits per heavy atom. The van der Waals surface area contributed by atoms with Crippen molar-refractivity contribution in [2.24, 2.45) is 0 Å². The summed E-state index contributed by atoms with van der Waals surface area (Å²) in [6, 6.07) is 14.6. The van der Waals surface area contributed by atoms with Crippen LogP contribution in [0, 0.1) is 6.92 Å². The highest BCUT2D eigenvalue weighted by Crippen LogP contribution is 2.31. The lowest BCUT2D eigenvalue weighted by Gasteiger charge is -2.13. The van der Waals surface area contributed by atoms with E-state index in [0.29, 0.717) is 34.5 Å². The van der Waals surface area contributed by atoms with Crippen LogP contribution in [-0.2, 0) is 0 Å². The third-order valence-corrected chi connectivity index (χ3v) is 4.04. The number of rotatable bonds is 7. The van der Waals surface area contributed by atoms with Gasteiger partial charge in [0.1, 0.15) is 17.5 Å². The van der Waals surface area contributed by atoms with Gasteiger partial charge in [-0.3, -0.25) is 4.79 Å². The second kappa shape index (κ2) is 8.39. The van der Waals surface area contributed by atoms with Crippen LogP contribution in [0.25, 0.3) is 0 Å². The summed E-state index contributed by atoms with van der Waals surface area (Å²) in [7, 11) is 3.19. The van der Waals surface area contributed by atoms with Gasteiger partial charge in [-0.15, -0.1) is 0 Å². The van der Waals surface area contributed by atoms with E-state index in [1.807, 2.05) is 37.3 Å². The molecule has 0 saturated carbocycles. The second-order valence-electron chi connectivity index (χ2n) is 6.14. The molecule has 1 heterocycles. The van der Waals surface area contributed by atoms with Crippen molar-refractivity contribution in [1.82, 2.24) is 9.97 Å². The Morgan fingerprint density at radius 3 is 2.11 bits per heavy atom. The van der Waals surface area contributed by atoms with E-state index in [2.05, 4.69) is 20.6 Å². The Morgan fingerprint density at radius 2 is 1.50 bits per heavy atom. The summed E-state index contributed by atoms with van der Waals surface area (Å²) in [5.41, 5.74) is 2.22. The van der Waals surface area contributed by atoms with Crippen molar-refractivity contribution < 1.29 is 14.3 Å². The van der Waals surface area contributed by atoms with Gasteiger partial charge in [0.2, 0.25) is 0 Å². The first-order valence-electron chi connectivity index (χ1n) is 8.71. The van der Waals surface area contributed by atoms with E-state index in [1.54, 1.807) is 39.3 Å². The van der Waals surface area contributed by atoms with Crippen molar-refractivity contribution in [3.05, 3.63) is 59.9 Å². The Bertz CT molecular complexity index is 1000. The fourth-order valence-corrected chi connectivity index (χ4v) is 2.72. The van der Waals surface area contributed by atoms with Gasteiger partial charge in [-0.2, -0.15) is 0 Å². The molecule has 0 aliphatic heterocycles. The predicted octanol–water partition coefficient (Wildman–Crippen LogP) is 4.49. The molecule has 0 aliphatic carbocycles. The molecular formula is C21H22N4O3. The van der Waals surface area contributed by atoms with Gasteiger partial charge >= 0.3 is 0 Å². The number of anilines is 4. The average molecular weight is 378 g/mol. The molecule has 0 atom stereocenters. The molecule has 0 bridgehead atoms. The van der Waals surface area contributed by atoms with Crippen molar-refractivity contribution in [3.8, 4) is 11.5 Å². The van der Waals surface area contributed by atoms with E-state index in [1.165, 1.54) is 0 Å². The predicted molar refractivity (Wildman–Crippen MR) is 109 cm³/mol. The minimum Gasteiger partial charge on any atom is -0.493 e. The maximum Gasteiger partial charge on any atom is 0.162 e. The molecule has 0 spiro atoms. The van der Waals surface area contributed by atoms with Gasteiger partial charge in [-0.1, -0.05) is 12.1 Å². The Balaban J connectivity index is 1.84. The summed E-state index contributed by atoms with van der Waals surface area (Å²) in [6.45, 7) is 3.36. The number of Topliss-reactive ketones (excluding diaryl/α,β-unsaturated/α-hetero) is 1. The van der Waals surface area contributed by atoms with E-state index in [4.69, 9.17) is 9.47 Å². The first-order valence-corrected chi connectivity index (χ1v) is 8.71. The normalized spacial score (nSPS) is 10.3. The van der Waals surface area contributed by atoms with Crippen LogP contribution >= 0.6 is 0 Å². The van der Waals surface area contributed by atoms with Crippen LogP contribution in [-0.4, -0.2) is 30.0 Å². The number of hydrogen-bond acceptors (Lipinski definition) is 7. The van der Waals surface area contributed by atoms with Crippen LogP contribution in [0.2, 0.25) is 0 Å². The number of aryl methyl sites for hydroxylation is 1. The monoisotopic (exact) mass is 378 g/mol. The molecule has 2 aromatic carbocycles. The molecule has 0 radical (unpaired) electrons. The summed E-state index contributed by atoms with van der Waals surface area (Å²) in [4.78, 5) is 20.4. The summed E-state index contributed by atoms with van der Waals surface area (Å²) in [5.74, 6) is 3.15. The fourth-order valence-electron chi connectivity index (χ4n) is 2.72. The minimum absolute atomic E-state index is 0.0123. The highest BCUT2D eigenvalue weighted by Gasteiger charge is 2.08.